The van der Waals surface area contributed by atoms with Crippen molar-refractivity contribution in [2.24, 2.45) is 4.99 Å². The summed E-state index contributed by atoms with van der Waals surface area (Å²) in [7, 11) is 1.85. The van der Waals surface area contributed by atoms with Gasteiger partial charge in [-0.2, -0.15) is 11.8 Å². The first-order chi connectivity index (χ1) is 10.3. The fraction of sp³-hybridized carbons (Fsp3) is 0.588. The second kappa shape index (κ2) is 10.4. The highest BCUT2D eigenvalue weighted by molar-refractivity contribution is 14.0. The van der Waals surface area contributed by atoms with Crippen LogP contribution in [0, 0.1) is 0 Å². The van der Waals surface area contributed by atoms with Crippen LogP contribution in [0.15, 0.2) is 35.3 Å². The molecule has 1 aromatic rings. The maximum Gasteiger partial charge on any atom is 0.191 e. The number of thioether (sulfide) groups is 1. The van der Waals surface area contributed by atoms with Gasteiger partial charge < -0.3 is 10.6 Å². The summed E-state index contributed by atoms with van der Waals surface area (Å²) in [5.74, 6) is 2.12. The smallest absolute Gasteiger partial charge is 0.191 e. The minimum Gasteiger partial charge on any atom is -0.356 e. The highest BCUT2D eigenvalue weighted by Gasteiger charge is 2.38. The second-order valence-corrected chi connectivity index (χ2v) is 6.68. The SMILES string of the molecule is CN=C(NCCCSC)NCC1(c2ccccc2)CCC1.I. The van der Waals surface area contributed by atoms with E-state index in [0.29, 0.717) is 5.41 Å². The molecule has 0 amide bonds. The van der Waals surface area contributed by atoms with Gasteiger partial charge in [-0.05, 0) is 36.8 Å². The predicted octanol–water partition coefficient (Wildman–Crippen LogP) is 3.64. The van der Waals surface area contributed by atoms with Crippen LogP contribution >= 0.6 is 35.7 Å². The van der Waals surface area contributed by atoms with Crippen molar-refractivity contribution in [3.05, 3.63) is 35.9 Å². The van der Waals surface area contributed by atoms with Crippen molar-refractivity contribution in [1.29, 1.82) is 0 Å². The highest BCUT2D eigenvalue weighted by Crippen LogP contribution is 2.43. The van der Waals surface area contributed by atoms with Crippen LogP contribution in [0.4, 0.5) is 0 Å². The summed E-state index contributed by atoms with van der Waals surface area (Å²) in [6.07, 6.45) is 7.19. The average molecular weight is 433 g/mol. The zero-order chi connectivity index (χ0) is 15.0. The van der Waals surface area contributed by atoms with E-state index < -0.39 is 0 Å². The Morgan fingerprint density at radius 2 is 1.95 bits per heavy atom. The van der Waals surface area contributed by atoms with Gasteiger partial charge in [0.25, 0.3) is 0 Å². The molecule has 22 heavy (non-hydrogen) atoms. The number of benzene rings is 1. The van der Waals surface area contributed by atoms with Crippen LogP contribution in [-0.4, -0.2) is 38.1 Å². The van der Waals surface area contributed by atoms with Gasteiger partial charge in [-0.15, -0.1) is 24.0 Å². The predicted molar refractivity (Wildman–Crippen MR) is 110 cm³/mol. The van der Waals surface area contributed by atoms with Gasteiger partial charge in [-0.25, -0.2) is 0 Å². The van der Waals surface area contributed by atoms with Gasteiger partial charge in [-0.1, -0.05) is 36.8 Å². The third-order valence-electron chi connectivity index (χ3n) is 4.33. The minimum absolute atomic E-state index is 0. The second-order valence-electron chi connectivity index (χ2n) is 5.70. The van der Waals surface area contributed by atoms with Crippen LogP contribution in [0.2, 0.25) is 0 Å². The lowest BCUT2D eigenvalue weighted by molar-refractivity contribution is 0.244. The molecule has 0 saturated heterocycles. The Morgan fingerprint density at radius 1 is 1.23 bits per heavy atom. The van der Waals surface area contributed by atoms with Crippen molar-refractivity contribution in [2.45, 2.75) is 31.1 Å². The van der Waals surface area contributed by atoms with Gasteiger partial charge in [0.05, 0.1) is 0 Å². The molecule has 0 unspecified atom stereocenters. The van der Waals surface area contributed by atoms with Crippen LogP contribution in [0.3, 0.4) is 0 Å². The number of rotatable bonds is 7. The summed E-state index contributed by atoms with van der Waals surface area (Å²) in [6, 6.07) is 10.9. The molecule has 1 aliphatic rings. The molecule has 3 nitrogen and oxygen atoms in total. The number of nitrogens with one attached hydrogen (secondary N) is 2. The molecule has 0 heterocycles. The topological polar surface area (TPSA) is 36.4 Å². The monoisotopic (exact) mass is 433 g/mol. The summed E-state index contributed by atoms with van der Waals surface area (Å²) in [6.45, 7) is 1.96. The first-order valence-electron chi connectivity index (χ1n) is 7.80. The largest absolute Gasteiger partial charge is 0.356 e. The first kappa shape index (κ1) is 19.6. The number of guanidine groups is 1. The molecule has 0 aliphatic heterocycles. The zero-order valence-electron chi connectivity index (χ0n) is 13.6. The number of hydrogen-bond acceptors (Lipinski definition) is 2. The number of aliphatic imine (C=N–C) groups is 1. The highest BCUT2D eigenvalue weighted by atomic mass is 127. The quantitative estimate of drug-likeness (QED) is 0.298. The molecule has 0 aromatic heterocycles. The Morgan fingerprint density at radius 3 is 2.50 bits per heavy atom. The van der Waals surface area contributed by atoms with Gasteiger partial charge in [0, 0.05) is 25.6 Å². The number of nitrogens with zero attached hydrogens (tertiary/aromatic N) is 1. The minimum atomic E-state index is 0. The van der Waals surface area contributed by atoms with Crippen molar-refractivity contribution >= 4 is 41.7 Å². The Kier molecular flexibility index (Phi) is 9.24. The van der Waals surface area contributed by atoms with Crippen LogP contribution in [0.5, 0.6) is 0 Å². The molecule has 124 valence electrons. The van der Waals surface area contributed by atoms with Gasteiger partial charge in [0.15, 0.2) is 5.96 Å². The Bertz CT molecular complexity index is 446. The van der Waals surface area contributed by atoms with Gasteiger partial charge >= 0.3 is 0 Å². The maximum absolute atomic E-state index is 4.33. The van der Waals surface area contributed by atoms with Crippen molar-refractivity contribution in [2.75, 3.05) is 32.1 Å². The molecular formula is C17H28IN3S. The molecular weight excluding hydrogens is 405 g/mol. The van der Waals surface area contributed by atoms with E-state index >= 15 is 0 Å². The fourth-order valence-electron chi connectivity index (χ4n) is 2.86. The molecule has 5 heteroatoms. The molecule has 2 N–H and O–H groups in total. The Hall–Kier alpha value is -0.430. The third-order valence-corrected chi connectivity index (χ3v) is 5.03. The number of hydrogen-bond donors (Lipinski definition) is 2. The van der Waals surface area contributed by atoms with Crippen LogP contribution in [-0.2, 0) is 5.41 Å². The first-order valence-corrected chi connectivity index (χ1v) is 9.19. The summed E-state index contributed by atoms with van der Waals surface area (Å²) < 4.78 is 0. The molecule has 0 spiro atoms. The normalized spacial score (nSPS) is 16.4. The van der Waals surface area contributed by atoms with Gasteiger partial charge in [0.1, 0.15) is 0 Å². The van der Waals surface area contributed by atoms with E-state index in [9.17, 15) is 0 Å². The van der Waals surface area contributed by atoms with Crippen LogP contribution in [0.25, 0.3) is 0 Å². The van der Waals surface area contributed by atoms with E-state index in [-0.39, 0.29) is 24.0 Å². The fourth-order valence-corrected chi connectivity index (χ4v) is 3.29. The van der Waals surface area contributed by atoms with Crippen molar-refractivity contribution in [1.82, 2.24) is 10.6 Å². The van der Waals surface area contributed by atoms with E-state index in [1.54, 1.807) is 0 Å². The summed E-state index contributed by atoms with van der Waals surface area (Å²) in [5.41, 5.74) is 1.76. The van der Waals surface area contributed by atoms with Crippen molar-refractivity contribution < 1.29 is 0 Å². The van der Waals surface area contributed by atoms with E-state index in [4.69, 9.17) is 0 Å². The Labute approximate surface area is 156 Å². The lowest BCUT2D eigenvalue weighted by Crippen LogP contribution is -2.49. The molecule has 1 fully saturated rings. The number of halogens is 1. The molecule has 2 rings (SSSR count). The van der Waals surface area contributed by atoms with Crippen molar-refractivity contribution in [3.63, 3.8) is 0 Å². The summed E-state index contributed by atoms with van der Waals surface area (Å²) >= 11 is 1.89. The van der Waals surface area contributed by atoms with E-state index in [0.717, 1.165) is 19.0 Å². The molecule has 0 bridgehead atoms. The van der Waals surface area contributed by atoms with E-state index in [1.165, 1.54) is 37.0 Å². The Balaban J connectivity index is 0.00000242. The lowest BCUT2D eigenvalue weighted by Gasteiger charge is -2.43. The van der Waals surface area contributed by atoms with Gasteiger partial charge in [0.2, 0.25) is 0 Å². The molecule has 1 aliphatic carbocycles. The van der Waals surface area contributed by atoms with E-state index in [1.807, 2.05) is 18.8 Å². The van der Waals surface area contributed by atoms with Crippen LogP contribution < -0.4 is 10.6 Å². The standard InChI is InChI=1S/C17H27N3S.HI/c1-18-16(19-12-7-13-21-2)20-14-17(10-6-11-17)15-8-4-3-5-9-15;/h3-5,8-9H,6-7,10-14H2,1-2H3,(H2,18,19,20);1H. The molecule has 1 aromatic carbocycles. The van der Waals surface area contributed by atoms with Gasteiger partial charge in [-0.3, -0.25) is 4.99 Å². The van der Waals surface area contributed by atoms with Crippen LogP contribution in [0.1, 0.15) is 31.2 Å². The lowest BCUT2D eigenvalue weighted by atomic mass is 9.64. The summed E-state index contributed by atoms with van der Waals surface area (Å²) in [4.78, 5) is 4.33. The zero-order valence-corrected chi connectivity index (χ0v) is 16.7. The third kappa shape index (κ3) is 5.33. The average Bonchev–Trinajstić information content (AvgIpc) is 2.49. The molecule has 0 radical (unpaired) electrons. The summed E-state index contributed by atoms with van der Waals surface area (Å²) in [5, 5.41) is 6.92. The molecule has 1 saturated carbocycles. The van der Waals surface area contributed by atoms with Crippen molar-refractivity contribution in [3.8, 4) is 0 Å². The molecule has 0 atom stereocenters. The van der Waals surface area contributed by atoms with E-state index in [2.05, 4.69) is 52.2 Å². The maximum atomic E-state index is 4.33.